The highest BCUT2D eigenvalue weighted by atomic mass is 16.2. The molecule has 0 radical (unpaired) electrons. The third-order valence-corrected chi connectivity index (χ3v) is 6.47. The summed E-state index contributed by atoms with van der Waals surface area (Å²) in [4.78, 5) is 15.1. The van der Waals surface area contributed by atoms with E-state index in [0.717, 1.165) is 6.42 Å². The van der Waals surface area contributed by atoms with Crippen LogP contribution < -0.4 is 0 Å². The molecular formula is C23H23NO. The molecule has 1 saturated heterocycles. The van der Waals surface area contributed by atoms with Crippen LogP contribution in [0.2, 0.25) is 0 Å². The van der Waals surface area contributed by atoms with Crippen LogP contribution in [0, 0.1) is 5.41 Å². The Morgan fingerprint density at radius 3 is 2.64 bits per heavy atom. The van der Waals surface area contributed by atoms with E-state index in [2.05, 4.69) is 59.5 Å². The maximum Gasteiger partial charge on any atom is 0.223 e. The van der Waals surface area contributed by atoms with E-state index in [1.165, 1.54) is 36.0 Å². The second-order valence-corrected chi connectivity index (χ2v) is 7.72. The average molecular weight is 329 g/mol. The summed E-state index contributed by atoms with van der Waals surface area (Å²) in [6, 6.07) is 19.3. The van der Waals surface area contributed by atoms with Gasteiger partial charge in [0.1, 0.15) is 0 Å². The van der Waals surface area contributed by atoms with Crippen molar-refractivity contribution in [1.82, 2.24) is 4.90 Å². The number of carbonyl (C=O) groups excluding carboxylic acids is 1. The highest BCUT2D eigenvalue weighted by molar-refractivity contribution is 5.80. The van der Waals surface area contributed by atoms with Crippen LogP contribution in [0.3, 0.4) is 0 Å². The number of benzene rings is 2. The fourth-order valence-corrected chi connectivity index (χ4v) is 5.37. The number of rotatable bonds is 2. The molecule has 2 fully saturated rings. The zero-order chi connectivity index (χ0) is 16.9. The summed E-state index contributed by atoms with van der Waals surface area (Å²) in [6.45, 7) is 0.716. The van der Waals surface area contributed by atoms with Crippen LogP contribution >= 0.6 is 0 Å². The van der Waals surface area contributed by atoms with Gasteiger partial charge in [-0.15, -0.1) is 0 Å². The van der Waals surface area contributed by atoms with Crippen molar-refractivity contribution in [3.8, 4) is 0 Å². The molecule has 2 aromatic carbocycles. The second-order valence-electron chi connectivity index (χ2n) is 7.72. The number of carbonyl (C=O) groups is 1. The minimum Gasteiger partial charge on any atom is -0.330 e. The van der Waals surface area contributed by atoms with Crippen LogP contribution in [0.15, 0.2) is 60.2 Å². The molecule has 1 saturated carbocycles. The second kappa shape index (κ2) is 5.59. The van der Waals surface area contributed by atoms with E-state index in [-0.39, 0.29) is 11.5 Å². The molecule has 126 valence electrons. The minimum atomic E-state index is 0.178. The first-order chi connectivity index (χ1) is 12.3. The van der Waals surface area contributed by atoms with Gasteiger partial charge in [-0.05, 0) is 42.4 Å². The molecule has 0 bridgehead atoms. The van der Waals surface area contributed by atoms with Crippen molar-refractivity contribution in [2.45, 2.75) is 44.7 Å². The zero-order valence-electron chi connectivity index (χ0n) is 14.4. The molecule has 0 aromatic heterocycles. The maximum atomic E-state index is 13.0. The molecule has 1 heterocycles. The lowest BCUT2D eigenvalue weighted by atomic mass is 9.63. The van der Waals surface area contributed by atoms with Crippen LogP contribution in [0.1, 0.15) is 54.8 Å². The Labute approximate surface area is 149 Å². The highest BCUT2D eigenvalue weighted by Gasteiger charge is 2.53. The van der Waals surface area contributed by atoms with Gasteiger partial charge in [0, 0.05) is 18.4 Å². The molecule has 2 atom stereocenters. The molecule has 0 unspecified atom stereocenters. The number of piperidine rings is 1. The molecule has 0 N–H and O–H groups in total. The average Bonchev–Trinajstić information content (AvgIpc) is 3.06. The molecule has 3 aliphatic rings. The summed E-state index contributed by atoms with van der Waals surface area (Å²) in [5, 5.41) is 0. The van der Waals surface area contributed by atoms with E-state index in [0.29, 0.717) is 18.9 Å². The Kier molecular flexibility index (Phi) is 3.34. The van der Waals surface area contributed by atoms with Crippen molar-refractivity contribution < 1.29 is 4.79 Å². The molecule has 2 heteroatoms. The third-order valence-electron chi connectivity index (χ3n) is 6.47. The van der Waals surface area contributed by atoms with Crippen LogP contribution in [0.4, 0.5) is 0 Å². The summed E-state index contributed by atoms with van der Waals surface area (Å²) < 4.78 is 0. The molecule has 2 aromatic rings. The van der Waals surface area contributed by atoms with Gasteiger partial charge in [0.25, 0.3) is 0 Å². The predicted octanol–water partition coefficient (Wildman–Crippen LogP) is 5.12. The van der Waals surface area contributed by atoms with Gasteiger partial charge in [0.05, 0.1) is 6.04 Å². The van der Waals surface area contributed by atoms with Gasteiger partial charge in [-0.1, -0.05) is 66.2 Å². The summed E-state index contributed by atoms with van der Waals surface area (Å²) in [6.07, 6.45) is 7.79. The van der Waals surface area contributed by atoms with Gasteiger partial charge in [0.15, 0.2) is 0 Å². The first kappa shape index (κ1) is 14.9. The fourth-order valence-electron chi connectivity index (χ4n) is 5.37. The van der Waals surface area contributed by atoms with Gasteiger partial charge in [-0.25, -0.2) is 0 Å². The molecular weight excluding hydrogens is 306 g/mol. The normalized spacial score (nSPS) is 27.4. The quantitative estimate of drug-likeness (QED) is 0.749. The van der Waals surface area contributed by atoms with Gasteiger partial charge in [-0.2, -0.15) is 0 Å². The third kappa shape index (κ3) is 2.20. The Morgan fingerprint density at radius 1 is 0.960 bits per heavy atom. The van der Waals surface area contributed by atoms with E-state index >= 15 is 0 Å². The van der Waals surface area contributed by atoms with Crippen molar-refractivity contribution in [2.24, 2.45) is 5.41 Å². The number of hydrogen-bond acceptors (Lipinski definition) is 1. The SMILES string of the molecule is O=C1CC[C@]23CCCC2=Cc2ccccc2[C@@H]3N1Cc1ccccc1. The number of likely N-dealkylation sites (tertiary alicyclic amines) is 1. The fraction of sp³-hybridized carbons (Fsp3) is 0.348. The van der Waals surface area contributed by atoms with E-state index in [4.69, 9.17) is 0 Å². The Hall–Kier alpha value is -2.35. The molecule has 1 amide bonds. The van der Waals surface area contributed by atoms with Crippen molar-refractivity contribution in [1.29, 1.82) is 0 Å². The molecule has 2 aliphatic carbocycles. The largest absolute Gasteiger partial charge is 0.330 e. The summed E-state index contributed by atoms with van der Waals surface area (Å²) in [5.74, 6) is 0.308. The van der Waals surface area contributed by atoms with Crippen LogP contribution in [0.25, 0.3) is 6.08 Å². The minimum absolute atomic E-state index is 0.178. The van der Waals surface area contributed by atoms with E-state index in [1.807, 2.05) is 6.07 Å². The maximum absolute atomic E-state index is 13.0. The van der Waals surface area contributed by atoms with Crippen LogP contribution in [0.5, 0.6) is 0 Å². The summed E-state index contributed by atoms with van der Waals surface area (Å²) in [5.41, 5.74) is 5.64. The molecule has 1 aliphatic heterocycles. The van der Waals surface area contributed by atoms with Gasteiger partial charge < -0.3 is 4.90 Å². The zero-order valence-corrected chi connectivity index (χ0v) is 14.4. The van der Waals surface area contributed by atoms with Gasteiger partial charge in [-0.3, -0.25) is 4.79 Å². The number of amides is 1. The predicted molar refractivity (Wildman–Crippen MR) is 99.7 cm³/mol. The van der Waals surface area contributed by atoms with Crippen molar-refractivity contribution in [3.05, 3.63) is 76.9 Å². The first-order valence-corrected chi connectivity index (χ1v) is 9.41. The van der Waals surface area contributed by atoms with Gasteiger partial charge >= 0.3 is 0 Å². The monoisotopic (exact) mass is 329 g/mol. The molecule has 25 heavy (non-hydrogen) atoms. The standard InChI is InChI=1S/C23H23NO/c25-21-12-14-23-13-6-10-19(23)15-18-9-4-5-11-20(18)22(23)24(21)16-17-7-2-1-3-8-17/h1-5,7-9,11,15,22H,6,10,12-14,16H2/t22-,23+/m0/s1. The molecule has 2 nitrogen and oxygen atoms in total. The molecule has 1 spiro atoms. The van der Waals surface area contributed by atoms with E-state index < -0.39 is 0 Å². The lowest BCUT2D eigenvalue weighted by Crippen LogP contribution is -2.49. The van der Waals surface area contributed by atoms with Crippen LogP contribution in [-0.2, 0) is 11.3 Å². The van der Waals surface area contributed by atoms with Crippen molar-refractivity contribution in [3.63, 3.8) is 0 Å². The topological polar surface area (TPSA) is 20.3 Å². The number of nitrogens with zero attached hydrogens (tertiary/aromatic N) is 1. The summed E-state index contributed by atoms with van der Waals surface area (Å²) in [7, 11) is 0. The Balaban J connectivity index is 1.64. The van der Waals surface area contributed by atoms with E-state index in [1.54, 1.807) is 5.57 Å². The van der Waals surface area contributed by atoms with Crippen LogP contribution in [-0.4, -0.2) is 10.8 Å². The number of fused-ring (bicyclic) bond motifs is 2. The number of hydrogen-bond donors (Lipinski definition) is 0. The van der Waals surface area contributed by atoms with Crippen molar-refractivity contribution >= 4 is 12.0 Å². The highest BCUT2D eigenvalue weighted by Crippen LogP contribution is 2.61. The summed E-state index contributed by atoms with van der Waals surface area (Å²) >= 11 is 0. The Morgan fingerprint density at radius 2 is 1.76 bits per heavy atom. The lowest BCUT2D eigenvalue weighted by molar-refractivity contribution is -0.143. The van der Waals surface area contributed by atoms with Crippen molar-refractivity contribution in [2.75, 3.05) is 0 Å². The smallest absolute Gasteiger partial charge is 0.223 e. The first-order valence-electron chi connectivity index (χ1n) is 9.41. The molecule has 5 rings (SSSR count). The van der Waals surface area contributed by atoms with Gasteiger partial charge in [0.2, 0.25) is 5.91 Å². The Bertz CT molecular complexity index is 853. The lowest BCUT2D eigenvalue weighted by Gasteiger charge is -2.51. The van der Waals surface area contributed by atoms with E-state index in [9.17, 15) is 4.79 Å².